The fraction of sp³-hybridized carbons (Fsp3) is 0.533. The normalized spacial score (nSPS) is 10.5. The SMILES string of the molecule is CCCCN(CCCC)C(=O)c1cc(Cl)cc(Br)c1. The van der Waals surface area contributed by atoms with Crippen LogP contribution in [0.1, 0.15) is 49.9 Å². The minimum absolute atomic E-state index is 0.0742. The van der Waals surface area contributed by atoms with Gasteiger partial charge in [0.25, 0.3) is 5.91 Å². The van der Waals surface area contributed by atoms with Gasteiger partial charge in [0.15, 0.2) is 0 Å². The van der Waals surface area contributed by atoms with Crippen molar-refractivity contribution in [3.8, 4) is 0 Å². The van der Waals surface area contributed by atoms with E-state index in [4.69, 9.17) is 11.6 Å². The summed E-state index contributed by atoms with van der Waals surface area (Å²) < 4.78 is 0.842. The van der Waals surface area contributed by atoms with Gasteiger partial charge in [-0.25, -0.2) is 0 Å². The standard InChI is InChI=1S/C15H21BrClNO/c1-3-5-7-18(8-6-4-2)15(19)12-9-13(16)11-14(17)10-12/h9-11H,3-8H2,1-2H3. The highest BCUT2D eigenvalue weighted by Crippen LogP contribution is 2.21. The van der Waals surface area contributed by atoms with Crippen molar-refractivity contribution in [1.29, 1.82) is 0 Å². The van der Waals surface area contributed by atoms with Gasteiger partial charge >= 0.3 is 0 Å². The van der Waals surface area contributed by atoms with Crippen molar-refractivity contribution in [2.45, 2.75) is 39.5 Å². The van der Waals surface area contributed by atoms with E-state index in [-0.39, 0.29) is 5.91 Å². The Labute approximate surface area is 129 Å². The summed E-state index contributed by atoms with van der Waals surface area (Å²) in [5, 5.41) is 0.587. The lowest BCUT2D eigenvalue weighted by Crippen LogP contribution is -2.33. The van der Waals surface area contributed by atoms with Crippen molar-refractivity contribution in [2.24, 2.45) is 0 Å². The molecule has 0 saturated carbocycles. The molecule has 0 N–H and O–H groups in total. The fourth-order valence-electron chi connectivity index (χ4n) is 1.87. The molecule has 0 saturated heterocycles. The smallest absolute Gasteiger partial charge is 0.253 e. The van der Waals surface area contributed by atoms with Gasteiger partial charge in [0.2, 0.25) is 0 Å². The molecule has 2 nitrogen and oxygen atoms in total. The maximum absolute atomic E-state index is 12.5. The first-order valence-corrected chi connectivity index (χ1v) is 8.01. The van der Waals surface area contributed by atoms with Crippen molar-refractivity contribution in [2.75, 3.05) is 13.1 Å². The third-order valence-electron chi connectivity index (χ3n) is 2.96. The number of hydrogen-bond acceptors (Lipinski definition) is 1. The average Bonchev–Trinajstić information content (AvgIpc) is 2.37. The summed E-state index contributed by atoms with van der Waals surface area (Å²) in [4.78, 5) is 14.4. The predicted molar refractivity (Wildman–Crippen MR) is 84.9 cm³/mol. The molecule has 0 spiro atoms. The summed E-state index contributed by atoms with van der Waals surface area (Å²) in [6.07, 6.45) is 4.26. The van der Waals surface area contributed by atoms with Crippen molar-refractivity contribution in [3.63, 3.8) is 0 Å². The lowest BCUT2D eigenvalue weighted by molar-refractivity contribution is 0.0751. The maximum atomic E-state index is 12.5. The summed E-state index contributed by atoms with van der Waals surface area (Å²) in [5.41, 5.74) is 0.659. The third-order valence-corrected chi connectivity index (χ3v) is 3.64. The Morgan fingerprint density at radius 1 is 1.16 bits per heavy atom. The highest BCUT2D eigenvalue weighted by atomic mass is 79.9. The molecule has 0 unspecified atom stereocenters. The second kappa shape index (κ2) is 8.60. The summed E-state index contributed by atoms with van der Waals surface area (Å²) in [7, 11) is 0. The van der Waals surface area contributed by atoms with E-state index in [0.29, 0.717) is 10.6 Å². The van der Waals surface area contributed by atoms with E-state index in [2.05, 4.69) is 29.8 Å². The van der Waals surface area contributed by atoms with Crippen LogP contribution in [0.25, 0.3) is 0 Å². The molecule has 4 heteroatoms. The monoisotopic (exact) mass is 345 g/mol. The molecule has 0 atom stereocenters. The molecule has 0 aliphatic carbocycles. The van der Waals surface area contributed by atoms with Crippen molar-refractivity contribution >= 4 is 33.4 Å². The third kappa shape index (κ3) is 5.53. The summed E-state index contributed by atoms with van der Waals surface area (Å²) >= 11 is 9.39. The number of unbranched alkanes of at least 4 members (excludes halogenated alkanes) is 2. The molecule has 0 aromatic heterocycles. The van der Waals surface area contributed by atoms with Gasteiger partial charge in [-0.05, 0) is 31.0 Å². The molecule has 1 aromatic rings. The van der Waals surface area contributed by atoms with Crippen molar-refractivity contribution in [1.82, 2.24) is 4.90 Å². The largest absolute Gasteiger partial charge is 0.339 e. The highest BCUT2D eigenvalue weighted by Gasteiger charge is 2.15. The van der Waals surface area contributed by atoms with Crippen LogP contribution < -0.4 is 0 Å². The Balaban J connectivity index is 2.84. The highest BCUT2D eigenvalue weighted by molar-refractivity contribution is 9.10. The van der Waals surface area contributed by atoms with E-state index < -0.39 is 0 Å². The van der Waals surface area contributed by atoms with Gasteiger partial charge in [-0.1, -0.05) is 54.2 Å². The fourth-order valence-corrected chi connectivity index (χ4v) is 2.73. The van der Waals surface area contributed by atoms with Gasteiger partial charge in [0.1, 0.15) is 0 Å². The predicted octanol–water partition coefficient (Wildman–Crippen LogP) is 5.14. The number of benzene rings is 1. The van der Waals surface area contributed by atoms with Crippen LogP contribution in [-0.4, -0.2) is 23.9 Å². The van der Waals surface area contributed by atoms with Crippen LogP contribution in [0.15, 0.2) is 22.7 Å². The molecular weight excluding hydrogens is 326 g/mol. The molecule has 1 aromatic carbocycles. The Morgan fingerprint density at radius 3 is 2.21 bits per heavy atom. The van der Waals surface area contributed by atoms with Crippen LogP contribution in [0.2, 0.25) is 5.02 Å². The number of nitrogens with zero attached hydrogens (tertiary/aromatic N) is 1. The van der Waals surface area contributed by atoms with E-state index in [9.17, 15) is 4.79 Å². The minimum atomic E-state index is 0.0742. The second-order valence-electron chi connectivity index (χ2n) is 4.66. The molecule has 0 aliphatic heterocycles. The Bertz CT molecular complexity index is 394. The first kappa shape index (κ1) is 16.5. The van der Waals surface area contributed by atoms with Gasteiger partial charge < -0.3 is 4.90 Å². The summed E-state index contributed by atoms with van der Waals surface area (Å²) in [6, 6.07) is 5.36. The molecular formula is C15H21BrClNO. The topological polar surface area (TPSA) is 20.3 Å². The average molecular weight is 347 g/mol. The molecule has 0 fully saturated rings. The number of rotatable bonds is 7. The van der Waals surface area contributed by atoms with Crippen LogP contribution in [0, 0.1) is 0 Å². The number of carbonyl (C=O) groups is 1. The second-order valence-corrected chi connectivity index (χ2v) is 6.01. The zero-order valence-corrected chi connectivity index (χ0v) is 13.9. The van der Waals surface area contributed by atoms with Crippen LogP contribution in [0.3, 0.4) is 0 Å². The Morgan fingerprint density at radius 2 is 1.74 bits per heavy atom. The Hall–Kier alpha value is -0.540. The van der Waals surface area contributed by atoms with Crippen LogP contribution in [0.4, 0.5) is 0 Å². The van der Waals surface area contributed by atoms with Crippen LogP contribution in [0.5, 0.6) is 0 Å². The van der Waals surface area contributed by atoms with Gasteiger partial charge in [0, 0.05) is 28.1 Å². The molecule has 0 aliphatic rings. The molecule has 1 amide bonds. The van der Waals surface area contributed by atoms with Gasteiger partial charge in [-0.15, -0.1) is 0 Å². The van der Waals surface area contributed by atoms with Gasteiger partial charge in [-0.2, -0.15) is 0 Å². The Kier molecular flexibility index (Phi) is 7.47. The van der Waals surface area contributed by atoms with Crippen LogP contribution in [-0.2, 0) is 0 Å². The molecule has 1 rings (SSSR count). The summed E-state index contributed by atoms with van der Waals surface area (Å²) in [6.45, 7) is 5.91. The van der Waals surface area contributed by atoms with E-state index in [0.717, 1.165) is 43.2 Å². The van der Waals surface area contributed by atoms with E-state index in [1.807, 2.05) is 11.0 Å². The van der Waals surface area contributed by atoms with E-state index in [1.54, 1.807) is 12.1 Å². The van der Waals surface area contributed by atoms with Gasteiger partial charge in [0.05, 0.1) is 0 Å². The molecule has 0 heterocycles. The van der Waals surface area contributed by atoms with E-state index >= 15 is 0 Å². The van der Waals surface area contributed by atoms with Crippen LogP contribution >= 0.6 is 27.5 Å². The first-order valence-electron chi connectivity index (χ1n) is 6.83. The molecule has 0 bridgehead atoms. The molecule has 19 heavy (non-hydrogen) atoms. The lowest BCUT2D eigenvalue weighted by atomic mass is 10.1. The maximum Gasteiger partial charge on any atom is 0.253 e. The summed E-state index contributed by atoms with van der Waals surface area (Å²) in [5.74, 6) is 0.0742. The molecule has 0 radical (unpaired) electrons. The number of carbonyl (C=O) groups excluding carboxylic acids is 1. The minimum Gasteiger partial charge on any atom is -0.339 e. The van der Waals surface area contributed by atoms with E-state index in [1.165, 1.54) is 0 Å². The van der Waals surface area contributed by atoms with Gasteiger partial charge in [-0.3, -0.25) is 4.79 Å². The number of halogens is 2. The van der Waals surface area contributed by atoms with Crippen molar-refractivity contribution < 1.29 is 4.79 Å². The zero-order chi connectivity index (χ0) is 14.3. The number of hydrogen-bond donors (Lipinski definition) is 0. The first-order chi connectivity index (χ1) is 9.08. The zero-order valence-electron chi connectivity index (χ0n) is 11.6. The number of amides is 1. The molecule has 106 valence electrons. The quantitative estimate of drug-likeness (QED) is 0.669. The van der Waals surface area contributed by atoms with Crippen molar-refractivity contribution in [3.05, 3.63) is 33.3 Å². The lowest BCUT2D eigenvalue weighted by Gasteiger charge is -2.22.